The van der Waals surface area contributed by atoms with Gasteiger partial charge in [0, 0.05) is 13.0 Å². The van der Waals surface area contributed by atoms with Gasteiger partial charge in [-0.25, -0.2) is 4.79 Å². The summed E-state index contributed by atoms with van der Waals surface area (Å²) in [6.07, 6.45) is 0. The van der Waals surface area contributed by atoms with Gasteiger partial charge >= 0.3 is 11.7 Å². The Bertz CT molecular complexity index is 762. The highest BCUT2D eigenvalue weighted by Crippen LogP contribution is 2.28. The van der Waals surface area contributed by atoms with E-state index in [1.54, 1.807) is 6.92 Å². The average Bonchev–Trinajstić information content (AvgIpc) is 2.57. The fourth-order valence-corrected chi connectivity index (χ4v) is 1.85. The molecule has 0 bridgehead atoms. The zero-order valence-corrected chi connectivity index (χ0v) is 14.2. The van der Waals surface area contributed by atoms with Gasteiger partial charge in [-0.15, -0.1) is 0 Å². The minimum absolute atomic E-state index is 0.0753. The Morgan fingerprint density at radius 1 is 1.23 bits per heavy atom. The molecule has 0 saturated heterocycles. The lowest BCUT2D eigenvalue weighted by molar-refractivity contribution is -0.393. The SMILES string of the molecule is CCOC(=O)C(NC(C)=O)C(C)=NNc1ccc([N+](=O)[O-])cc1[N+](=O)[O-]. The van der Waals surface area contributed by atoms with E-state index in [1.807, 2.05) is 0 Å². The minimum atomic E-state index is -1.18. The molecule has 1 aromatic carbocycles. The Morgan fingerprint density at radius 2 is 1.88 bits per heavy atom. The van der Waals surface area contributed by atoms with Crippen LogP contribution in [0.1, 0.15) is 20.8 Å². The lowest BCUT2D eigenvalue weighted by Gasteiger charge is -2.16. The summed E-state index contributed by atoms with van der Waals surface area (Å²) in [7, 11) is 0. The summed E-state index contributed by atoms with van der Waals surface area (Å²) < 4.78 is 4.84. The molecule has 0 fully saturated rings. The predicted molar refractivity (Wildman–Crippen MR) is 90.7 cm³/mol. The van der Waals surface area contributed by atoms with Crippen molar-refractivity contribution in [3.63, 3.8) is 0 Å². The zero-order valence-electron chi connectivity index (χ0n) is 14.2. The van der Waals surface area contributed by atoms with Crippen LogP contribution in [-0.2, 0) is 14.3 Å². The van der Waals surface area contributed by atoms with Crippen LogP contribution in [0.15, 0.2) is 23.3 Å². The molecule has 0 aromatic heterocycles. The average molecular weight is 367 g/mol. The van der Waals surface area contributed by atoms with Crippen LogP contribution in [0, 0.1) is 20.2 Å². The summed E-state index contributed by atoms with van der Waals surface area (Å²) in [4.78, 5) is 43.4. The number of nitrogens with zero attached hydrogens (tertiary/aromatic N) is 3. The van der Waals surface area contributed by atoms with E-state index in [1.165, 1.54) is 13.8 Å². The maximum atomic E-state index is 11.9. The molecule has 0 spiro atoms. The number of ether oxygens (including phenoxy) is 1. The number of hydrogen-bond acceptors (Lipinski definition) is 9. The van der Waals surface area contributed by atoms with Crippen molar-refractivity contribution in [1.82, 2.24) is 5.32 Å². The number of nitro groups is 2. The first-order valence-corrected chi connectivity index (χ1v) is 7.34. The molecular weight excluding hydrogens is 350 g/mol. The number of rotatable bonds is 8. The third kappa shape index (κ3) is 5.51. The predicted octanol–water partition coefficient (Wildman–Crippen LogP) is 1.36. The molecule has 140 valence electrons. The fourth-order valence-electron chi connectivity index (χ4n) is 1.85. The first-order valence-electron chi connectivity index (χ1n) is 7.34. The molecule has 1 rings (SSSR count). The van der Waals surface area contributed by atoms with Crippen molar-refractivity contribution in [3.05, 3.63) is 38.4 Å². The third-order valence-corrected chi connectivity index (χ3v) is 3.03. The number of anilines is 1. The van der Waals surface area contributed by atoms with Crippen molar-refractivity contribution in [2.24, 2.45) is 5.10 Å². The molecule has 0 aliphatic heterocycles. The number of amides is 1. The Hall–Kier alpha value is -3.57. The van der Waals surface area contributed by atoms with Gasteiger partial charge in [0.05, 0.1) is 28.2 Å². The molecule has 12 nitrogen and oxygen atoms in total. The van der Waals surface area contributed by atoms with Crippen molar-refractivity contribution in [2.45, 2.75) is 26.8 Å². The Kier molecular flexibility index (Phi) is 7.13. The van der Waals surface area contributed by atoms with Crippen LogP contribution in [0.2, 0.25) is 0 Å². The number of non-ortho nitro benzene ring substituents is 1. The minimum Gasteiger partial charge on any atom is -0.464 e. The van der Waals surface area contributed by atoms with Crippen LogP contribution < -0.4 is 10.7 Å². The number of nitrogens with one attached hydrogen (secondary N) is 2. The molecule has 0 saturated carbocycles. The van der Waals surface area contributed by atoms with Gasteiger partial charge in [0.25, 0.3) is 5.69 Å². The van der Waals surface area contributed by atoms with E-state index in [4.69, 9.17) is 4.74 Å². The molecule has 0 aliphatic rings. The van der Waals surface area contributed by atoms with Gasteiger partial charge in [-0.2, -0.15) is 5.10 Å². The summed E-state index contributed by atoms with van der Waals surface area (Å²) in [5.41, 5.74) is 1.31. The van der Waals surface area contributed by atoms with E-state index in [-0.39, 0.29) is 18.0 Å². The number of benzene rings is 1. The van der Waals surface area contributed by atoms with Gasteiger partial charge in [0.15, 0.2) is 6.04 Å². The van der Waals surface area contributed by atoms with Crippen molar-refractivity contribution in [2.75, 3.05) is 12.0 Å². The topological polar surface area (TPSA) is 166 Å². The van der Waals surface area contributed by atoms with E-state index >= 15 is 0 Å². The van der Waals surface area contributed by atoms with Gasteiger partial charge in [-0.3, -0.25) is 30.4 Å². The molecule has 2 N–H and O–H groups in total. The second-order valence-corrected chi connectivity index (χ2v) is 4.97. The van der Waals surface area contributed by atoms with Gasteiger partial charge in [-0.05, 0) is 19.9 Å². The van der Waals surface area contributed by atoms with Crippen molar-refractivity contribution in [3.8, 4) is 0 Å². The first-order chi connectivity index (χ1) is 12.2. The maximum absolute atomic E-state index is 11.9. The van der Waals surface area contributed by atoms with Crippen molar-refractivity contribution < 1.29 is 24.2 Å². The third-order valence-electron chi connectivity index (χ3n) is 3.03. The van der Waals surface area contributed by atoms with E-state index in [0.29, 0.717) is 0 Å². The largest absolute Gasteiger partial charge is 0.464 e. The lowest BCUT2D eigenvalue weighted by atomic mass is 10.2. The van der Waals surface area contributed by atoms with E-state index in [9.17, 15) is 29.8 Å². The number of carbonyl (C=O) groups excluding carboxylic acids is 2. The van der Waals surface area contributed by atoms with Crippen molar-refractivity contribution in [1.29, 1.82) is 0 Å². The van der Waals surface area contributed by atoms with E-state index in [2.05, 4.69) is 15.8 Å². The fraction of sp³-hybridized carbons (Fsp3) is 0.357. The highest BCUT2D eigenvalue weighted by Gasteiger charge is 2.25. The second-order valence-electron chi connectivity index (χ2n) is 4.97. The van der Waals surface area contributed by atoms with Crippen LogP contribution in [0.25, 0.3) is 0 Å². The molecule has 0 radical (unpaired) electrons. The molecular formula is C14H17N5O7. The first kappa shape index (κ1) is 20.5. The number of hydrazone groups is 1. The smallest absolute Gasteiger partial charge is 0.334 e. The second kappa shape index (κ2) is 9.05. The normalized spacial score (nSPS) is 12.0. The van der Waals surface area contributed by atoms with Crippen LogP contribution in [0.4, 0.5) is 17.1 Å². The van der Waals surface area contributed by atoms with E-state index in [0.717, 1.165) is 18.2 Å². The van der Waals surface area contributed by atoms with Crippen LogP contribution in [0.3, 0.4) is 0 Å². The number of carbonyl (C=O) groups is 2. The Morgan fingerprint density at radius 3 is 2.38 bits per heavy atom. The molecule has 1 atom stereocenters. The van der Waals surface area contributed by atoms with Crippen LogP contribution >= 0.6 is 0 Å². The molecule has 1 unspecified atom stereocenters. The van der Waals surface area contributed by atoms with Crippen LogP contribution in [0.5, 0.6) is 0 Å². The van der Waals surface area contributed by atoms with Gasteiger partial charge in [0.1, 0.15) is 5.69 Å². The highest BCUT2D eigenvalue weighted by atomic mass is 16.6. The van der Waals surface area contributed by atoms with Gasteiger partial charge in [0.2, 0.25) is 5.91 Å². The lowest BCUT2D eigenvalue weighted by Crippen LogP contribution is -2.46. The summed E-state index contributed by atoms with van der Waals surface area (Å²) >= 11 is 0. The summed E-state index contributed by atoms with van der Waals surface area (Å²) in [6.45, 7) is 4.28. The molecule has 0 heterocycles. The molecule has 1 amide bonds. The van der Waals surface area contributed by atoms with Gasteiger partial charge < -0.3 is 10.1 Å². The molecule has 1 aromatic rings. The zero-order chi connectivity index (χ0) is 19.9. The van der Waals surface area contributed by atoms with E-state index < -0.39 is 39.1 Å². The monoisotopic (exact) mass is 367 g/mol. The number of hydrogen-bond donors (Lipinski definition) is 2. The summed E-state index contributed by atoms with van der Waals surface area (Å²) in [6, 6.07) is 1.78. The Labute approximate surface area is 147 Å². The van der Waals surface area contributed by atoms with Crippen LogP contribution in [-0.4, -0.2) is 40.1 Å². The summed E-state index contributed by atoms with van der Waals surface area (Å²) in [5, 5.41) is 28.0. The highest BCUT2D eigenvalue weighted by molar-refractivity contribution is 6.07. The standard InChI is InChI=1S/C14H17N5O7/c1-4-26-14(21)13(15-9(3)20)8(2)16-17-11-6-5-10(18(22)23)7-12(11)19(24)25/h5-7,13,17H,4H2,1-3H3,(H,15,20). The Balaban J connectivity index is 3.12. The quantitative estimate of drug-likeness (QED) is 0.300. The number of esters is 1. The molecule has 12 heteroatoms. The number of nitro benzene ring substituents is 2. The van der Waals surface area contributed by atoms with Gasteiger partial charge in [-0.1, -0.05) is 0 Å². The summed E-state index contributed by atoms with van der Waals surface area (Å²) in [5.74, 6) is -1.25. The maximum Gasteiger partial charge on any atom is 0.334 e. The van der Waals surface area contributed by atoms with Crippen molar-refractivity contribution >= 4 is 34.7 Å². The molecule has 26 heavy (non-hydrogen) atoms. The molecule has 0 aliphatic carbocycles.